The molecular formula is C19H24N4O2. The maximum Gasteiger partial charge on any atom is 0.270 e. The minimum atomic E-state index is -0.534. The maximum absolute atomic E-state index is 12.8. The fourth-order valence-corrected chi connectivity index (χ4v) is 3.35. The van der Waals surface area contributed by atoms with Crippen molar-refractivity contribution in [2.45, 2.75) is 25.9 Å². The first-order valence-electron chi connectivity index (χ1n) is 8.60. The molecule has 6 nitrogen and oxygen atoms in total. The van der Waals surface area contributed by atoms with Crippen molar-refractivity contribution in [1.82, 2.24) is 14.8 Å². The topological polar surface area (TPSA) is 82.4 Å². The normalized spacial score (nSPS) is 18.8. The first-order chi connectivity index (χ1) is 12.0. The van der Waals surface area contributed by atoms with Gasteiger partial charge < -0.3 is 15.6 Å². The number of benzene rings is 1. The fraction of sp³-hybridized carbons (Fsp3) is 0.368. The van der Waals surface area contributed by atoms with Crippen molar-refractivity contribution in [1.29, 1.82) is 0 Å². The second-order valence-corrected chi connectivity index (χ2v) is 6.59. The number of primary amides is 1. The molecule has 2 aromatic rings. The fourth-order valence-electron chi connectivity index (χ4n) is 3.35. The highest BCUT2D eigenvalue weighted by molar-refractivity contribution is 5.98. The van der Waals surface area contributed by atoms with Gasteiger partial charge in [-0.05, 0) is 25.0 Å². The number of carbonyl (C=O) groups is 2. The molecule has 1 saturated heterocycles. The number of aromatic nitrogens is 1. The molecule has 0 aliphatic carbocycles. The lowest BCUT2D eigenvalue weighted by molar-refractivity contribution is 0.0686. The Balaban J connectivity index is 1.67. The number of rotatable bonds is 4. The van der Waals surface area contributed by atoms with Gasteiger partial charge >= 0.3 is 0 Å². The van der Waals surface area contributed by atoms with Crippen LogP contribution in [0.1, 0.15) is 39.8 Å². The van der Waals surface area contributed by atoms with Crippen molar-refractivity contribution < 1.29 is 9.59 Å². The molecule has 3 rings (SSSR count). The summed E-state index contributed by atoms with van der Waals surface area (Å²) < 4.78 is 0. The average molecular weight is 340 g/mol. The Kier molecular flexibility index (Phi) is 5.19. The highest BCUT2D eigenvalue weighted by atomic mass is 16.2. The summed E-state index contributed by atoms with van der Waals surface area (Å²) in [6.07, 6.45) is 2.41. The van der Waals surface area contributed by atoms with Gasteiger partial charge in [0.1, 0.15) is 5.69 Å². The van der Waals surface area contributed by atoms with Gasteiger partial charge in [0.2, 0.25) is 5.91 Å². The van der Waals surface area contributed by atoms with Gasteiger partial charge in [0.25, 0.3) is 5.91 Å². The van der Waals surface area contributed by atoms with Crippen LogP contribution in [0, 0.1) is 0 Å². The molecule has 2 heterocycles. The van der Waals surface area contributed by atoms with Crippen LogP contribution in [0.3, 0.4) is 0 Å². The van der Waals surface area contributed by atoms with Crippen LogP contribution in [0.5, 0.6) is 0 Å². The zero-order valence-electron chi connectivity index (χ0n) is 14.4. The van der Waals surface area contributed by atoms with E-state index in [0.717, 1.165) is 26.1 Å². The number of carbonyl (C=O) groups excluding carboxylic acids is 2. The van der Waals surface area contributed by atoms with Crippen molar-refractivity contribution in [3.63, 3.8) is 0 Å². The number of hydrogen-bond donors (Lipinski definition) is 2. The largest absolute Gasteiger partial charge is 0.366 e. The van der Waals surface area contributed by atoms with E-state index in [1.807, 2.05) is 23.1 Å². The Morgan fingerprint density at radius 3 is 2.68 bits per heavy atom. The monoisotopic (exact) mass is 340 g/mol. The van der Waals surface area contributed by atoms with E-state index < -0.39 is 5.91 Å². The van der Waals surface area contributed by atoms with E-state index in [2.05, 4.69) is 28.9 Å². The highest BCUT2D eigenvalue weighted by Crippen LogP contribution is 2.16. The van der Waals surface area contributed by atoms with Crippen molar-refractivity contribution in [2.75, 3.05) is 19.6 Å². The minimum absolute atomic E-state index is 0.0819. The number of aromatic amines is 1. The highest BCUT2D eigenvalue weighted by Gasteiger charge is 2.27. The van der Waals surface area contributed by atoms with E-state index in [4.69, 9.17) is 5.73 Å². The average Bonchev–Trinajstić information content (AvgIpc) is 3.02. The Bertz CT molecular complexity index is 741. The van der Waals surface area contributed by atoms with Crippen LogP contribution in [0.4, 0.5) is 0 Å². The second kappa shape index (κ2) is 7.53. The smallest absolute Gasteiger partial charge is 0.270 e. The molecule has 1 atom stereocenters. The molecule has 1 aliphatic heterocycles. The van der Waals surface area contributed by atoms with Crippen molar-refractivity contribution >= 4 is 11.8 Å². The predicted molar refractivity (Wildman–Crippen MR) is 96.1 cm³/mol. The van der Waals surface area contributed by atoms with Gasteiger partial charge in [-0.25, -0.2) is 0 Å². The van der Waals surface area contributed by atoms with E-state index >= 15 is 0 Å². The predicted octanol–water partition coefficient (Wildman–Crippen LogP) is 1.85. The molecule has 0 spiro atoms. The molecule has 2 amide bonds. The van der Waals surface area contributed by atoms with Gasteiger partial charge in [-0.2, -0.15) is 0 Å². The number of nitrogens with zero attached hydrogens (tertiary/aromatic N) is 2. The molecule has 0 unspecified atom stereocenters. The standard InChI is InChI=1S/C19H24N4O2/c1-14-12-22(13-15-6-3-2-4-7-15)8-5-9-23(14)19(25)17-10-16(11-21-17)18(20)24/h2-4,6-7,10-11,14,21H,5,8-9,12-13H2,1H3,(H2,20,24)/t14-/m1/s1. The Morgan fingerprint density at radius 1 is 1.24 bits per heavy atom. The first-order valence-corrected chi connectivity index (χ1v) is 8.60. The molecule has 25 heavy (non-hydrogen) atoms. The van der Waals surface area contributed by atoms with E-state index in [9.17, 15) is 9.59 Å². The summed E-state index contributed by atoms with van der Waals surface area (Å²) in [5.41, 5.74) is 7.29. The van der Waals surface area contributed by atoms with Gasteiger partial charge in [-0.1, -0.05) is 30.3 Å². The molecule has 1 aromatic heterocycles. The van der Waals surface area contributed by atoms with Crippen molar-refractivity contribution in [3.05, 3.63) is 59.4 Å². The Morgan fingerprint density at radius 2 is 2.00 bits per heavy atom. The van der Waals surface area contributed by atoms with Crippen LogP contribution in [-0.4, -0.2) is 52.3 Å². The molecule has 0 bridgehead atoms. The summed E-state index contributed by atoms with van der Waals surface area (Å²) >= 11 is 0. The summed E-state index contributed by atoms with van der Waals surface area (Å²) in [5.74, 6) is -0.616. The third kappa shape index (κ3) is 4.09. The lowest BCUT2D eigenvalue weighted by atomic mass is 10.2. The van der Waals surface area contributed by atoms with Crippen LogP contribution >= 0.6 is 0 Å². The molecule has 6 heteroatoms. The number of H-pyrrole nitrogens is 1. The van der Waals surface area contributed by atoms with Gasteiger partial charge in [0.05, 0.1) is 5.56 Å². The van der Waals surface area contributed by atoms with Crippen LogP contribution in [0.15, 0.2) is 42.6 Å². The third-order valence-electron chi connectivity index (χ3n) is 4.64. The zero-order chi connectivity index (χ0) is 17.8. The minimum Gasteiger partial charge on any atom is -0.366 e. The number of nitrogens with one attached hydrogen (secondary N) is 1. The lowest BCUT2D eigenvalue weighted by Crippen LogP contribution is -2.42. The Hall–Kier alpha value is -2.60. The van der Waals surface area contributed by atoms with Gasteiger partial charge in [-0.15, -0.1) is 0 Å². The first kappa shape index (κ1) is 17.2. The quantitative estimate of drug-likeness (QED) is 0.891. The van der Waals surface area contributed by atoms with Crippen LogP contribution in [-0.2, 0) is 6.54 Å². The van der Waals surface area contributed by atoms with E-state index in [1.165, 1.54) is 17.8 Å². The summed E-state index contributed by atoms with van der Waals surface area (Å²) in [6, 6.07) is 12.0. The molecule has 1 aromatic carbocycles. The van der Waals surface area contributed by atoms with Gasteiger partial charge in [0, 0.05) is 38.4 Å². The van der Waals surface area contributed by atoms with E-state index in [-0.39, 0.29) is 11.9 Å². The molecule has 132 valence electrons. The third-order valence-corrected chi connectivity index (χ3v) is 4.64. The SMILES string of the molecule is C[C@@H]1CN(Cc2ccccc2)CCCN1C(=O)c1cc(C(N)=O)c[nH]1. The molecule has 3 N–H and O–H groups in total. The van der Waals surface area contributed by atoms with Crippen LogP contribution in [0.25, 0.3) is 0 Å². The van der Waals surface area contributed by atoms with E-state index in [0.29, 0.717) is 17.8 Å². The van der Waals surface area contributed by atoms with Crippen LogP contribution < -0.4 is 5.73 Å². The number of hydrogen-bond acceptors (Lipinski definition) is 3. The molecule has 0 radical (unpaired) electrons. The van der Waals surface area contributed by atoms with Gasteiger partial charge in [0.15, 0.2) is 0 Å². The van der Waals surface area contributed by atoms with Gasteiger partial charge in [-0.3, -0.25) is 14.5 Å². The summed E-state index contributed by atoms with van der Waals surface area (Å²) in [6.45, 7) is 5.45. The maximum atomic E-state index is 12.8. The molecule has 1 aliphatic rings. The van der Waals surface area contributed by atoms with Crippen molar-refractivity contribution in [3.8, 4) is 0 Å². The molecule has 1 fully saturated rings. The van der Waals surface area contributed by atoms with Crippen molar-refractivity contribution in [2.24, 2.45) is 5.73 Å². The molecular weight excluding hydrogens is 316 g/mol. The zero-order valence-corrected chi connectivity index (χ0v) is 14.4. The second-order valence-electron chi connectivity index (χ2n) is 6.59. The lowest BCUT2D eigenvalue weighted by Gasteiger charge is -2.28. The summed E-state index contributed by atoms with van der Waals surface area (Å²) in [5, 5.41) is 0. The number of nitrogens with two attached hydrogens (primary N) is 1. The number of amides is 2. The van der Waals surface area contributed by atoms with E-state index in [1.54, 1.807) is 0 Å². The summed E-state index contributed by atoms with van der Waals surface area (Å²) in [7, 11) is 0. The summed E-state index contributed by atoms with van der Waals surface area (Å²) in [4.78, 5) is 31.1. The Labute approximate surface area is 147 Å². The molecule has 0 saturated carbocycles. The van der Waals surface area contributed by atoms with Crippen LogP contribution in [0.2, 0.25) is 0 Å².